The molecule has 2 saturated heterocycles. The summed E-state index contributed by atoms with van der Waals surface area (Å²) in [7, 11) is -3.75. The maximum absolute atomic E-state index is 13.3. The molecule has 2 fully saturated rings. The van der Waals surface area contributed by atoms with Crippen LogP contribution in [0.1, 0.15) is 48.7 Å². The van der Waals surface area contributed by atoms with Crippen molar-refractivity contribution in [1.82, 2.24) is 9.21 Å². The van der Waals surface area contributed by atoms with Gasteiger partial charge in [0.05, 0.1) is 11.5 Å². The van der Waals surface area contributed by atoms with E-state index in [1.54, 1.807) is 30.0 Å². The molecule has 0 saturated carbocycles. The lowest BCUT2D eigenvalue weighted by Crippen LogP contribution is -2.43. The minimum atomic E-state index is -3.75. The molecular weight excluding hydrogens is 462 g/mol. The van der Waals surface area contributed by atoms with E-state index in [1.807, 2.05) is 11.4 Å². The van der Waals surface area contributed by atoms with Gasteiger partial charge in [0, 0.05) is 25.3 Å². The Morgan fingerprint density at radius 1 is 1.12 bits per heavy atom. The maximum atomic E-state index is 13.3. The van der Waals surface area contributed by atoms with E-state index in [0.717, 1.165) is 25.7 Å². The molecule has 0 spiro atoms. The van der Waals surface area contributed by atoms with Crippen molar-refractivity contribution < 1.29 is 22.7 Å². The summed E-state index contributed by atoms with van der Waals surface area (Å²) < 4.78 is 33.7. The first-order valence-corrected chi connectivity index (χ1v) is 13.7. The highest BCUT2D eigenvalue weighted by Gasteiger charge is 2.35. The Morgan fingerprint density at radius 2 is 1.91 bits per heavy atom. The molecule has 0 aliphatic carbocycles. The minimum Gasteiger partial charge on any atom is -0.492 e. The van der Waals surface area contributed by atoms with Crippen molar-refractivity contribution in [1.29, 1.82) is 0 Å². The second-order valence-corrected chi connectivity index (χ2v) is 11.0. The summed E-state index contributed by atoms with van der Waals surface area (Å²) >= 11 is 1.35. The first-order valence-electron chi connectivity index (χ1n) is 11.3. The summed E-state index contributed by atoms with van der Waals surface area (Å²) in [5, 5.41) is 4.67. The molecule has 2 aromatic rings. The predicted molar refractivity (Wildman–Crippen MR) is 127 cm³/mol. The number of nitrogens with one attached hydrogen (secondary N) is 1. The van der Waals surface area contributed by atoms with Gasteiger partial charge in [0.15, 0.2) is 0 Å². The van der Waals surface area contributed by atoms with Crippen LogP contribution in [-0.2, 0) is 14.8 Å². The van der Waals surface area contributed by atoms with Crippen LogP contribution in [0.25, 0.3) is 0 Å². The van der Waals surface area contributed by atoms with Gasteiger partial charge in [-0.25, -0.2) is 8.42 Å². The molecule has 10 heteroatoms. The van der Waals surface area contributed by atoms with Gasteiger partial charge >= 0.3 is 0 Å². The number of benzene rings is 1. The van der Waals surface area contributed by atoms with E-state index < -0.39 is 16.1 Å². The first-order chi connectivity index (χ1) is 15.9. The number of amides is 2. The van der Waals surface area contributed by atoms with E-state index in [4.69, 9.17) is 4.74 Å². The van der Waals surface area contributed by atoms with Gasteiger partial charge in [-0.3, -0.25) is 9.59 Å². The zero-order valence-electron chi connectivity index (χ0n) is 18.7. The number of thiophene rings is 1. The number of sulfonamides is 1. The van der Waals surface area contributed by atoms with Crippen LogP contribution in [0.2, 0.25) is 0 Å². The van der Waals surface area contributed by atoms with Crippen molar-refractivity contribution in [2.45, 2.75) is 50.0 Å². The highest BCUT2D eigenvalue weighted by molar-refractivity contribution is 7.89. The van der Waals surface area contributed by atoms with Crippen molar-refractivity contribution in [3.05, 3.63) is 40.6 Å². The fourth-order valence-corrected chi connectivity index (χ4v) is 6.71. The lowest BCUT2D eigenvalue weighted by atomic mass is 10.2. The summed E-state index contributed by atoms with van der Waals surface area (Å²) in [5.74, 6) is -0.193. The molecule has 1 N–H and O–H groups in total. The van der Waals surface area contributed by atoms with E-state index in [-0.39, 0.29) is 22.5 Å². The van der Waals surface area contributed by atoms with Gasteiger partial charge in [-0.2, -0.15) is 4.31 Å². The molecule has 2 aliphatic heterocycles. The largest absolute Gasteiger partial charge is 0.492 e. The molecule has 0 unspecified atom stereocenters. The smallest absolute Gasteiger partial charge is 0.264 e. The molecule has 1 aromatic carbocycles. The van der Waals surface area contributed by atoms with E-state index in [0.29, 0.717) is 43.2 Å². The summed E-state index contributed by atoms with van der Waals surface area (Å²) in [6, 6.07) is 7.66. The molecule has 178 valence electrons. The topological polar surface area (TPSA) is 96.0 Å². The number of hydrogen-bond donors (Lipinski definition) is 1. The quantitative estimate of drug-likeness (QED) is 0.639. The lowest BCUT2D eigenvalue weighted by Gasteiger charge is -2.27. The van der Waals surface area contributed by atoms with Crippen molar-refractivity contribution in [2.75, 3.05) is 31.6 Å². The van der Waals surface area contributed by atoms with Crippen molar-refractivity contribution in [2.24, 2.45) is 0 Å². The number of anilines is 1. The molecular formula is C23H29N3O5S2. The highest BCUT2D eigenvalue weighted by Crippen LogP contribution is 2.32. The van der Waals surface area contributed by atoms with Crippen molar-refractivity contribution >= 4 is 38.9 Å². The van der Waals surface area contributed by atoms with Gasteiger partial charge < -0.3 is 15.0 Å². The number of hydrogen-bond acceptors (Lipinski definition) is 6. The van der Waals surface area contributed by atoms with Crippen LogP contribution in [0.15, 0.2) is 40.6 Å². The fraction of sp³-hybridized carbons (Fsp3) is 0.478. The number of nitrogens with zero attached hydrogens (tertiary/aromatic N) is 2. The summed E-state index contributed by atoms with van der Waals surface area (Å²) in [4.78, 5) is 28.1. The summed E-state index contributed by atoms with van der Waals surface area (Å²) in [6.45, 7) is 3.60. The summed E-state index contributed by atoms with van der Waals surface area (Å²) in [5.41, 5.74) is 0.370. The van der Waals surface area contributed by atoms with Crippen LogP contribution in [0.3, 0.4) is 0 Å². The third-order valence-corrected chi connectivity index (χ3v) is 8.77. The van der Waals surface area contributed by atoms with Crippen molar-refractivity contribution in [3.63, 3.8) is 0 Å². The number of likely N-dealkylation sites (tertiary alicyclic amines) is 1. The predicted octanol–water partition coefficient (Wildman–Crippen LogP) is 3.56. The van der Waals surface area contributed by atoms with Gasteiger partial charge in [0.1, 0.15) is 16.7 Å². The highest BCUT2D eigenvalue weighted by atomic mass is 32.2. The Balaban J connectivity index is 1.56. The fourth-order valence-electron chi connectivity index (χ4n) is 4.36. The second-order valence-electron chi connectivity index (χ2n) is 8.18. The second kappa shape index (κ2) is 10.2. The third-order valence-electron chi connectivity index (χ3n) is 5.99. The normalized spacial score (nSPS) is 19.4. The SMILES string of the molecule is CCOc1ccc(NC(=O)[C@@H]2CCCN2C(=O)c2cccs2)cc1S(=O)(=O)N1CCCCC1. The van der Waals surface area contributed by atoms with Crippen molar-refractivity contribution in [3.8, 4) is 5.75 Å². The van der Waals surface area contributed by atoms with Crippen LogP contribution < -0.4 is 10.1 Å². The number of rotatable bonds is 7. The third kappa shape index (κ3) is 5.07. The molecule has 0 bridgehead atoms. The Labute approximate surface area is 198 Å². The van der Waals surface area contributed by atoms with Crippen LogP contribution in [0.4, 0.5) is 5.69 Å². The van der Waals surface area contributed by atoms with Gasteiger partial charge in [-0.1, -0.05) is 12.5 Å². The number of carbonyl (C=O) groups is 2. The molecule has 8 nitrogen and oxygen atoms in total. The standard InChI is InChI=1S/C23H29N3O5S2/c1-2-31-19-11-10-17(16-21(19)33(29,30)25-12-4-3-5-13-25)24-22(27)18-8-6-14-26(18)23(28)20-9-7-15-32-20/h7,9-11,15-16,18H,2-6,8,12-14H2,1H3,(H,24,27)/t18-/m0/s1. The first kappa shape index (κ1) is 23.7. The number of carbonyl (C=O) groups excluding carboxylic acids is 2. The van der Waals surface area contributed by atoms with Gasteiger partial charge in [0.25, 0.3) is 5.91 Å². The minimum absolute atomic E-state index is 0.0574. The van der Waals surface area contributed by atoms with E-state index >= 15 is 0 Å². The van der Waals surface area contributed by atoms with E-state index in [2.05, 4.69) is 5.32 Å². The van der Waals surface area contributed by atoms with Crippen LogP contribution in [-0.4, -0.2) is 61.7 Å². The monoisotopic (exact) mass is 491 g/mol. The maximum Gasteiger partial charge on any atom is 0.264 e. The molecule has 2 aliphatic rings. The molecule has 0 radical (unpaired) electrons. The Bertz CT molecular complexity index is 1100. The zero-order valence-corrected chi connectivity index (χ0v) is 20.3. The number of ether oxygens (including phenoxy) is 1. The molecule has 3 heterocycles. The Morgan fingerprint density at radius 3 is 2.61 bits per heavy atom. The van der Waals surface area contributed by atoms with Crippen LogP contribution in [0.5, 0.6) is 5.75 Å². The van der Waals surface area contributed by atoms with Gasteiger partial charge in [0.2, 0.25) is 15.9 Å². The average molecular weight is 492 g/mol. The van der Waals surface area contributed by atoms with Gasteiger partial charge in [-0.05, 0) is 62.3 Å². The van der Waals surface area contributed by atoms with Crippen LogP contribution in [0, 0.1) is 0 Å². The zero-order chi connectivity index (χ0) is 23.4. The molecule has 1 aromatic heterocycles. The number of piperidine rings is 1. The van der Waals surface area contributed by atoms with E-state index in [1.165, 1.54) is 21.7 Å². The van der Waals surface area contributed by atoms with E-state index in [9.17, 15) is 18.0 Å². The molecule has 4 rings (SSSR count). The molecule has 1 atom stereocenters. The molecule has 2 amide bonds. The Hall–Kier alpha value is -2.43. The average Bonchev–Trinajstić information content (AvgIpc) is 3.53. The summed E-state index contributed by atoms with van der Waals surface area (Å²) in [6.07, 6.45) is 3.99. The van der Waals surface area contributed by atoms with Crippen LogP contribution >= 0.6 is 11.3 Å². The lowest BCUT2D eigenvalue weighted by molar-refractivity contribution is -0.119. The van der Waals surface area contributed by atoms with Gasteiger partial charge in [-0.15, -0.1) is 11.3 Å². The Kier molecular flexibility index (Phi) is 7.35. The molecule has 33 heavy (non-hydrogen) atoms.